The Labute approximate surface area is 166 Å². The molecule has 28 heavy (non-hydrogen) atoms. The fraction of sp³-hybridized carbons (Fsp3) is 0.591. The van der Waals surface area contributed by atoms with Crippen LogP contribution < -0.4 is 10.2 Å². The zero-order valence-corrected chi connectivity index (χ0v) is 16.7. The van der Waals surface area contributed by atoms with Crippen molar-refractivity contribution in [2.75, 3.05) is 18.0 Å². The number of nitrogens with zero attached hydrogens (tertiary/aromatic N) is 2. The Morgan fingerprint density at radius 3 is 2.61 bits per heavy atom. The van der Waals surface area contributed by atoms with E-state index in [1.807, 2.05) is 24.3 Å². The summed E-state index contributed by atoms with van der Waals surface area (Å²) >= 11 is 0. The first kappa shape index (κ1) is 19.0. The van der Waals surface area contributed by atoms with Crippen molar-refractivity contribution < 1.29 is 14.4 Å². The van der Waals surface area contributed by atoms with Crippen molar-refractivity contribution in [3.05, 3.63) is 29.8 Å². The Hall–Kier alpha value is -2.37. The number of anilines is 1. The van der Waals surface area contributed by atoms with Crippen molar-refractivity contribution in [1.29, 1.82) is 0 Å². The molecule has 1 spiro atoms. The number of carbonyl (C=O) groups excluding carboxylic acids is 3. The molecule has 2 aliphatic heterocycles. The van der Waals surface area contributed by atoms with Gasteiger partial charge in [0, 0.05) is 12.2 Å². The van der Waals surface area contributed by atoms with E-state index in [4.69, 9.17) is 0 Å². The first-order valence-electron chi connectivity index (χ1n) is 10.5. The van der Waals surface area contributed by atoms with Gasteiger partial charge in [-0.1, -0.05) is 38.5 Å². The number of rotatable bonds is 3. The van der Waals surface area contributed by atoms with Crippen LogP contribution in [-0.2, 0) is 9.59 Å². The molecule has 1 aromatic carbocycles. The van der Waals surface area contributed by atoms with Gasteiger partial charge in [-0.15, -0.1) is 0 Å². The van der Waals surface area contributed by atoms with Gasteiger partial charge in [0.1, 0.15) is 12.1 Å². The number of amides is 4. The third-order valence-corrected chi connectivity index (χ3v) is 6.92. The maximum atomic E-state index is 13.1. The molecule has 1 aromatic rings. The zero-order chi connectivity index (χ0) is 19.9. The average Bonchev–Trinajstić information content (AvgIpc) is 2.93. The summed E-state index contributed by atoms with van der Waals surface area (Å²) in [7, 11) is 0. The predicted octanol–water partition coefficient (Wildman–Crippen LogP) is 3.42. The van der Waals surface area contributed by atoms with Crippen molar-refractivity contribution in [2.45, 2.75) is 63.8 Å². The van der Waals surface area contributed by atoms with Gasteiger partial charge in [-0.2, -0.15) is 0 Å². The predicted molar refractivity (Wildman–Crippen MR) is 107 cm³/mol. The van der Waals surface area contributed by atoms with Gasteiger partial charge in [-0.05, 0) is 55.6 Å². The first-order valence-corrected chi connectivity index (χ1v) is 10.5. The standard InChI is InChI=1S/C22H29N3O3/c1-3-16-8-11-22(12-9-16)20(27)25(21(28)23-22)14-19(26)24-13-10-15(2)17-6-4-5-7-18(17)24/h4-7,15-16H,3,8-14H2,1-2H3,(H,23,28). The van der Waals surface area contributed by atoms with E-state index in [0.29, 0.717) is 31.2 Å². The number of imide groups is 1. The van der Waals surface area contributed by atoms with Crippen molar-refractivity contribution in [3.8, 4) is 0 Å². The van der Waals surface area contributed by atoms with Crippen LogP contribution in [0.15, 0.2) is 24.3 Å². The van der Waals surface area contributed by atoms with Crippen LogP contribution in [-0.4, -0.2) is 41.4 Å². The molecule has 6 heteroatoms. The Bertz CT molecular complexity index is 798. The normalized spacial score (nSPS) is 29.8. The third kappa shape index (κ3) is 3.09. The maximum Gasteiger partial charge on any atom is 0.325 e. The van der Waals surface area contributed by atoms with E-state index in [9.17, 15) is 14.4 Å². The molecular weight excluding hydrogens is 354 g/mol. The van der Waals surface area contributed by atoms with Gasteiger partial charge in [0.05, 0.1) is 0 Å². The van der Waals surface area contributed by atoms with Gasteiger partial charge < -0.3 is 10.2 Å². The van der Waals surface area contributed by atoms with Gasteiger partial charge in [-0.25, -0.2) is 4.79 Å². The summed E-state index contributed by atoms with van der Waals surface area (Å²) in [5.74, 6) is 0.605. The average molecular weight is 383 g/mol. The number of carbonyl (C=O) groups is 3. The number of hydrogen-bond donors (Lipinski definition) is 1. The van der Waals surface area contributed by atoms with E-state index >= 15 is 0 Å². The minimum Gasteiger partial charge on any atom is -0.323 e. The summed E-state index contributed by atoms with van der Waals surface area (Å²) in [6.45, 7) is 4.75. The van der Waals surface area contributed by atoms with Crippen LogP contribution in [0.25, 0.3) is 0 Å². The number of benzene rings is 1. The second-order valence-corrected chi connectivity index (χ2v) is 8.55. The number of para-hydroxylation sites is 1. The highest BCUT2D eigenvalue weighted by Crippen LogP contribution is 2.38. The molecule has 1 aliphatic carbocycles. The number of hydrogen-bond acceptors (Lipinski definition) is 3. The Morgan fingerprint density at radius 2 is 1.89 bits per heavy atom. The van der Waals surface area contributed by atoms with Crippen LogP contribution in [0, 0.1) is 5.92 Å². The van der Waals surface area contributed by atoms with E-state index in [0.717, 1.165) is 41.8 Å². The molecule has 0 bridgehead atoms. The van der Waals surface area contributed by atoms with Gasteiger partial charge in [0.2, 0.25) is 5.91 Å². The fourth-order valence-electron chi connectivity index (χ4n) is 4.97. The van der Waals surface area contributed by atoms with Gasteiger partial charge in [0.25, 0.3) is 5.91 Å². The molecule has 1 saturated heterocycles. The SMILES string of the molecule is CCC1CCC2(CC1)NC(=O)N(CC(=O)N1CCC(C)c3ccccc31)C2=O. The Kier molecular flexibility index (Phi) is 4.89. The molecule has 2 heterocycles. The van der Waals surface area contributed by atoms with Crippen LogP contribution in [0.5, 0.6) is 0 Å². The quantitative estimate of drug-likeness (QED) is 0.813. The molecule has 4 amide bonds. The molecule has 0 radical (unpaired) electrons. The van der Waals surface area contributed by atoms with Crippen LogP contribution in [0.1, 0.15) is 63.9 Å². The molecule has 1 unspecified atom stereocenters. The number of fused-ring (bicyclic) bond motifs is 1. The summed E-state index contributed by atoms with van der Waals surface area (Å²) in [5, 5.41) is 2.91. The maximum absolute atomic E-state index is 13.1. The molecule has 1 N–H and O–H groups in total. The van der Waals surface area contributed by atoms with Crippen molar-refractivity contribution in [1.82, 2.24) is 10.2 Å². The van der Waals surface area contributed by atoms with Crippen LogP contribution in [0.3, 0.4) is 0 Å². The van der Waals surface area contributed by atoms with Crippen LogP contribution >= 0.6 is 0 Å². The van der Waals surface area contributed by atoms with Gasteiger partial charge >= 0.3 is 6.03 Å². The van der Waals surface area contributed by atoms with E-state index in [2.05, 4.69) is 19.2 Å². The molecule has 2 fully saturated rings. The Morgan fingerprint density at radius 1 is 1.18 bits per heavy atom. The van der Waals surface area contributed by atoms with Crippen molar-refractivity contribution in [3.63, 3.8) is 0 Å². The second kappa shape index (κ2) is 7.22. The molecule has 150 valence electrons. The lowest BCUT2D eigenvalue weighted by Crippen LogP contribution is -2.50. The minimum absolute atomic E-state index is 0.188. The monoisotopic (exact) mass is 383 g/mol. The van der Waals surface area contributed by atoms with E-state index in [1.165, 1.54) is 0 Å². The topological polar surface area (TPSA) is 69.7 Å². The second-order valence-electron chi connectivity index (χ2n) is 8.55. The summed E-state index contributed by atoms with van der Waals surface area (Å²) < 4.78 is 0. The largest absolute Gasteiger partial charge is 0.325 e. The molecular formula is C22H29N3O3. The summed E-state index contributed by atoms with van der Waals surface area (Å²) in [6.07, 6.45) is 5.22. The van der Waals surface area contributed by atoms with E-state index < -0.39 is 11.6 Å². The fourth-order valence-corrected chi connectivity index (χ4v) is 4.97. The lowest BCUT2D eigenvalue weighted by atomic mass is 9.75. The van der Waals surface area contributed by atoms with Crippen molar-refractivity contribution in [2.24, 2.45) is 5.92 Å². The van der Waals surface area contributed by atoms with Gasteiger partial charge in [0.15, 0.2) is 0 Å². The number of nitrogens with one attached hydrogen (secondary N) is 1. The van der Waals surface area contributed by atoms with Crippen LogP contribution in [0.2, 0.25) is 0 Å². The first-order chi connectivity index (χ1) is 13.4. The molecule has 1 saturated carbocycles. The minimum atomic E-state index is -0.794. The smallest absolute Gasteiger partial charge is 0.323 e. The lowest BCUT2D eigenvalue weighted by Gasteiger charge is -2.35. The summed E-state index contributed by atoms with van der Waals surface area (Å²) in [6, 6.07) is 7.48. The molecule has 4 rings (SSSR count). The third-order valence-electron chi connectivity index (χ3n) is 6.92. The van der Waals surface area contributed by atoms with Crippen molar-refractivity contribution >= 4 is 23.5 Å². The number of urea groups is 1. The highest BCUT2D eigenvalue weighted by Gasteiger charge is 2.52. The highest BCUT2D eigenvalue weighted by atomic mass is 16.2. The molecule has 6 nitrogen and oxygen atoms in total. The van der Waals surface area contributed by atoms with Crippen LogP contribution in [0.4, 0.5) is 10.5 Å². The summed E-state index contributed by atoms with van der Waals surface area (Å²) in [5.41, 5.74) is 1.25. The Balaban J connectivity index is 1.49. The zero-order valence-electron chi connectivity index (χ0n) is 16.7. The van der Waals surface area contributed by atoms with E-state index in [1.54, 1.807) is 4.90 Å². The highest BCUT2D eigenvalue weighted by molar-refractivity contribution is 6.10. The molecule has 0 aromatic heterocycles. The molecule has 1 atom stereocenters. The van der Waals surface area contributed by atoms with E-state index in [-0.39, 0.29) is 18.4 Å². The summed E-state index contributed by atoms with van der Waals surface area (Å²) in [4.78, 5) is 41.5. The molecule has 3 aliphatic rings. The lowest BCUT2D eigenvalue weighted by molar-refractivity contribution is -0.135. The van der Waals surface area contributed by atoms with Gasteiger partial charge in [-0.3, -0.25) is 14.5 Å².